The van der Waals surface area contributed by atoms with Crippen molar-refractivity contribution in [1.82, 2.24) is 10.2 Å². The lowest BCUT2D eigenvalue weighted by molar-refractivity contribution is -0.125. The van der Waals surface area contributed by atoms with E-state index < -0.39 is 5.60 Å². The molecule has 0 spiro atoms. The molecule has 0 aromatic rings. The number of aliphatic hydroxyl groups is 1. The zero-order chi connectivity index (χ0) is 11.5. The molecule has 15 heavy (non-hydrogen) atoms. The van der Waals surface area contributed by atoms with Gasteiger partial charge < -0.3 is 10.4 Å². The van der Waals surface area contributed by atoms with Gasteiger partial charge in [-0.1, -0.05) is 0 Å². The predicted molar refractivity (Wildman–Crippen MR) is 59.6 cm³/mol. The third-order valence-corrected chi connectivity index (χ3v) is 3.27. The van der Waals surface area contributed by atoms with Crippen LogP contribution in [0.4, 0.5) is 0 Å². The van der Waals surface area contributed by atoms with E-state index in [0.717, 1.165) is 32.4 Å². The van der Waals surface area contributed by atoms with Crippen molar-refractivity contribution >= 4 is 5.91 Å². The lowest BCUT2D eigenvalue weighted by Gasteiger charge is -2.26. The van der Waals surface area contributed by atoms with Crippen molar-refractivity contribution in [3.63, 3.8) is 0 Å². The van der Waals surface area contributed by atoms with Crippen molar-refractivity contribution in [1.29, 1.82) is 0 Å². The smallest absolute Gasteiger partial charge is 0.236 e. The van der Waals surface area contributed by atoms with Crippen LogP contribution < -0.4 is 5.32 Å². The van der Waals surface area contributed by atoms with Gasteiger partial charge >= 0.3 is 0 Å². The van der Waals surface area contributed by atoms with Crippen molar-refractivity contribution in [3.8, 4) is 0 Å². The number of amides is 1. The number of rotatable bonds is 2. The average Bonchev–Trinajstić information content (AvgIpc) is 2.37. The zero-order valence-electron chi connectivity index (χ0n) is 9.92. The summed E-state index contributed by atoms with van der Waals surface area (Å²) < 4.78 is 0. The molecule has 0 bridgehead atoms. The summed E-state index contributed by atoms with van der Waals surface area (Å²) in [6.45, 7) is 5.48. The molecule has 0 aromatic heterocycles. The Bertz CT molecular complexity index is 229. The van der Waals surface area contributed by atoms with Gasteiger partial charge in [0.25, 0.3) is 0 Å². The van der Waals surface area contributed by atoms with Crippen molar-refractivity contribution in [2.75, 3.05) is 20.1 Å². The largest absolute Gasteiger partial charge is 0.390 e. The van der Waals surface area contributed by atoms with Crippen molar-refractivity contribution in [3.05, 3.63) is 0 Å². The second-order valence-electron chi connectivity index (χ2n) is 4.68. The minimum atomic E-state index is -0.558. The Morgan fingerprint density at radius 1 is 1.47 bits per heavy atom. The van der Waals surface area contributed by atoms with Gasteiger partial charge in [-0.05, 0) is 39.7 Å². The molecule has 2 atom stereocenters. The van der Waals surface area contributed by atoms with Gasteiger partial charge in [-0.15, -0.1) is 0 Å². The Hall–Kier alpha value is -0.610. The molecule has 1 saturated heterocycles. The van der Waals surface area contributed by atoms with Crippen LogP contribution in [0.1, 0.15) is 33.1 Å². The lowest BCUT2D eigenvalue weighted by atomic mass is 9.98. The van der Waals surface area contributed by atoms with Crippen LogP contribution in [0.5, 0.6) is 0 Å². The summed E-state index contributed by atoms with van der Waals surface area (Å²) in [5.41, 5.74) is -0.558. The molecule has 0 saturated carbocycles. The molecule has 0 radical (unpaired) electrons. The van der Waals surface area contributed by atoms with Crippen LogP contribution in [0.2, 0.25) is 0 Å². The Morgan fingerprint density at radius 3 is 2.73 bits per heavy atom. The SMILES string of the molecule is CNC(=O)C(C)N1CCCC(C)(O)CC1. The van der Waals surface area contributed by atoms with Crippen molar-refractivity contribution < 1.29 is 9.90 Å². The Morgan fingerprint density at radius 2 is 2.13 bits per heavy atom. The highest BCUT2D eigenvalue weighted by Crippen LogP contribution is 2.22. The van der Waals surface area contributed by atoms with Gasteiger partial charge in [-0.25, -0.2) is 0 Å². The molecule has 0 aliphatic carbocycles. The molecule has 4 nitrogen and oxygen atoms in total. The summed E-state index contributed by atoms with van der Waals surface area (Å²) in [5, 5.41) is 12.6. The van der Waals surface area contributed by atoms with E-state index in [1.807, 2.05) is 13.8 Å². The van der Waals surface area contributed by atoms with E-state index in [9.17, 15) is 9.90 Å². The maximum Gasteiger partial charge on any atom is 0.236 e. The first kappa shape index (κ1) is 12.5. The molecular weight excluding hydrogens is 192 g/mol. The van der Waals surface area contributed by atoms with Crippen LogP contribution in [-0.2, 0) is 4.79 Å². The fourth-order valence-corrected chi connectivity index (χ4v) is 2.05. The number of hydrogen-bond donors (Lipinski definition) is 2. The van der Waals surface area contributed by atoms with Gasteiger partial charge in [0, 0.05) is 13.6 Å². The molecule has 1 rings (SSSR count). The molecular formula is C11H22N2O2. The van der Waals surface area contributed by atoms with Crippen molar-refractivity contribution in [2.24, 2.45) is 0 Å². The first-order valence-electron chi connectivity index (χ1n) is 5.64. The first-order valence-corrected chi connectivity index (χ1v) is 5.64. The highest BCUT2D eigenvalue weighted by atomic mass is 16.3. The van der Waals surface area contributed by atoms with Gasteiger partial charge in [-0.2, -0.15) is 0 Å². The highest BCUT2D eigenvalue weighted by molar-refractivity contribution is 5.80. The zero-order valence-corrected chi connectivity index (χ0v) is 9.92. The first-order chi connectivity index (χ1) is 6.96. The van der Waals surface area contributed by atoms with Crippen LogP contribution >= 0.6 is 0 Å². The Balaban J connectivity index is 2.54. The second kappa shape index (κ2) is 4.94. The number of nitrogens with one attached hydrogen (secondary N) is 1. The topological polar surface area (TPSA) is 52.6 Å². The fourth-order valence-electron chi connectivity index (χ4n) is 2.05. The van der Waals surface area contributed by atoms with E-state index >= 15 is 0 Å². The number of carbonyl (C=O) groups excluding carboxylic acids is 1. The molecule has 2 unspecified atom stereocenters. The summed E-state index contributed by atoms with van der Waals surface area (Å²) in [4.78, 5) is 13.6. The maximum absolute atomic E-state index is 11.5. The summed E-state index contributed by atoms with van der Waals surface area (Å²) in [6.07, 6.45) is 2.52. The van der Waals surface area contributed by atoms with Gasteiger partial charge in [0.1, 0.15) is 0 Å². The molecule has 1 fully saturated rings. The molecule has 1 aliphatic rings. The van der Waals surface area contributed by atoms with Crippen LogP contribution in [-0.4, -0.2) is 47.7 Å². The molecule has 2 N–H and O–H groups in total. The van der Waals surface area contributed by atoms with E-state index in [1.54, 1.807) is 7.05 Å². The van der Waals surface area contributed by atoms with E-state index in [4.69, 9.17) is 0 Å². The van der Waals surface area contributed by atoms with Crippen LogP contribution in [0.15, 0.2) is 0 Å². The average molecular weight is 214 g/mol. The molecule has 88 valence electrons. The van der Waals surface area contributed by atoms with E-state index in [0.29, 0.717) is 0 Å². The molecule has 4 heteroatoms. The quantitative estimate of drug-likeness (QED) is 0.698. The fraction of sp³-hybridized carbons (Fsp3) is 0.909. The van der Waals surface area contributed by atoms with Gasteiger partial charge in [0.05, 0.1) is 11.6 Å². The number of hydrogen-bond acceptors (Lipinski definition) is 3. The van der Waals surface area contributed by atoms with E-state index in [2.05, 4.69) is 10.2 Å². The Kier molecular flexibility index (Phi) is 4.11. The molecule has 1 aliphatic heterocycles. The summed E-state index contributed by atoms with van der Waals surface area (Å²) >= 11 is 0. The highest BCUT2D eigenvalue weighted by Gasteiger charge is 2.28. The van der Waals surface area contributed by atoms with Gasteiger partial charge in [-0.3, -0.25) is 9.69 Å². The normalized spacial score (nSPS) is 30.7. The van der Waals surface area contributed by atoms with Crippen molar-refractivity contribution in [2.45, 2.75) is 44.8 Å². The third kappa shape index (κ3) is 3.47. The predicted octanol–water partition coefficient (Wildman–Crippen LogP) is 0.358. The summed E-state index contributed by atoms with van der Waals surface area (Å²) in [5.74, 6) is 0.0524. The number of nitrogens with zero attached hydrogens (tertiary/aromatic N) is 1. The number of likely N-dealkylation sites (tertiary alicyclic amines) is 1. The standard InChI is InChI=1S/C11H22N2O2/c1-9(10(14)12-3)13-7-4-5-11(2,15)6-8-13/h9,15H,4-8H2,1-3H3,(H,12,14). The Labute approximate surface area is 91.6 Å². The van der Waals surface area contributed by atoms with Gasteiger partial charge in [0.2, 0.25) is 5.91 Å². The molecule has 1 amide bonds. The lowest BCUT2D eigenvalue weighted by Crippen LogP contribution is -2.44. The van der Waals surface area contributed by atoms with Crippen LogP contribution in [0, 0.1) is 0 Å². The number of carbonyl (C=O) groups is 1. The van der Waals surface area contributed by atoms with Crippen LogP contribution in [0.25, 0.3) is 0 Å². The minimum absolute atomic E-state index is 0.0524. The van der Waals surface area contributed by atoms with Gasteiger partial charge in [0.15, 0.2) is 0 Å². The van der Waals surface area contributed by atoms with E-state index in [1.165, 1.54) is 0 Å². The second-order valence-corrected chi connectivity index (χ2v) is 4.68. The third-order valence-electron chi connectivity index (χ3n) is 3.27. The number of likely N-dealkylation sites (N-methyl/N-ethyl adjacent to an activating group) is 1. The summed E-state index contributed by atoms with van der Waals surface area (Å²) in [7, 11) is 1.66. The van der Waals surface area contributed by atoms with Crippen LogP contribution in [0.3, 0.4) is 0 Å². The summed E-state index contributed by atoms with van der Waals surface area (Å²) in [6, 6.07) is -0.0936. The maximum atomic E-state index is 11.5. The monoisotopic (exact) mass is 214 g/mol. The van der Waals surface area contributed by atoms with E-state index in [-0.39, 0.29) is 11.9 Å². The molecule has 0 aromatic carbocycles. The minimum Gasteiger partial charge on any atom is -0.390 e. The molecule has 1 heterocycles.